The van der Waals surface area contributed by atoms with Gasteiger partial charge in [0.2, 0.25) is 5.91 Å². The van der Waals surface area contributed by atoms with Crippen molar-refractivity contribution < 1.29 is 4.79 Å². The molecular weight excluding hydrogens is 238 g/mol. The molecule has 5 N–H and O–H groups in total. The van der Waals surface area contributed by atoms with E-state index >= 15 is 0 Å². The van der Waals surface area contributed by atoms with Crippen LogP contribution in [0.25, 0.3) is 0 Å². The molecule has 1 aromatic rings. The third-order valence-electron chi connectivity index (χ3n) is 4.12. The highest BCUT2D eigenvalue weighted by atomic mass is 16.1. The molecule has 0 aromatic heterocycles. The fourth-order valence-electron chi connectivity index (χ4n) is 2.78. The van der Waals surface area contributed by atoms with E-state index in [1.54, 1.807) is 12.1 Å². The molecule has 1 aliphatic rings. The molecule has 0 spiro atoms. The van der Waals surface area contributed by atoms with Crippen molar-refractivity contribution in [1.82, 2.24) is 0 Å². The average molecular weight is 261 g/mol. The number of benzene rings is 1. The topological polar surface area (TPSA) is 81.1 Å². The van der Waals surface area contributed by atoms with Crippen molar-refractivity contribution in [2.75, 3.05) is 11.1 Å². The summed E-state index contributed by atoms with van der Waals surface area (Å²) in [5, 5.41) is 3.48. The fourth-order valence-corrected chi connectivity index (χ4v) is 2.78. The van der Waals surface area contributed by atoms with Gasteiger partial charge in [0.05, 0.1) is 11.4 Å². The Bertz CT molecular complexity index is 451. The van der Waals surface area contributed by atoms with Gasteiger partial charge in [0, 0.05) is 11.6 Å². The molecule has 1 aromatic carbocycles. The lowest BCUT2D eigenvalue weighted by molar-refractivity contribution is 0.100. The molecule has 0 aliphatic heterocycles. The molecule has 0 unspecified atom stereocenters. The second-order valence-electron chi connectivity index (χ2n) is 5.44. The molecule has 1 amide bonds. The first-order valence-electron chi connectivity index (χ1n) is 7.06. The Labute approximate surface area is 114 Å². The fraction of sp³-hybridized carbons (Fsp3) is 0.533. The quantitative estimate of drug-likeness (QED) is 0.729. The number of rotatable bonds is 4. The number of amides is 1. The lowest BCUT2D eigenvalue weighted by Gasteiger charge is -2.29. The zero-order valence-corrected chi connectivity index (χ0v) is 11.5. The summed E-state index contributed by atoms with van der Waals surface area (Å²) in [5.41, 5.74) is 13.1. The number of hydrogen-bond donors (Lipinski definition) is 3. The second-order valence-corrected chi connectivity index (χ2v) is 5.44. The molecule has 2 rings (SSSR count). The SMILES string of the molecule is CCC1CCC(Nc2ccc(C(N)=O)cc2N)CC1. The van der Waals surface area contributed by atoms with E-state index in [1.165, 1.54) is 32.1 Å². The molecule has 1 fully saturated rings. The largest absolute Gasteiger partial charge is 0.397 e. The Morgan fingerprint density at radius 1 is 1.32 bits per heavy atom. The summed E-state index contributed by atoms with van der Waals surface area (Å²) in [7, 11) is 0. The molecule has 1 aliphatic carbocycles. The molecule has 104 valence electrons. The van der Waals surface area contributed by atoms with Crippen molar-refractivity contribution in [3.63, 3.8) is 0 Å². The highest BCUT2D eigenvalue weighted by Crippen LogP contribution is 2.30. The number of anilines is 2. The number of carbonyl (C=O) groups is 1. The Kier molecular flexibility index (Phi) is 4.30. The molecule has 0 bridgehead atoms. The van der Waals surface area contributed by atoms with Crippen molar-refractivity contribution in [1.29, 1.82) is 0 Å². The van der Waals surface area contributed by atoms with Crippen molar-refractivity contribution in [2.24, 2.45) is 11.7 Å². The molecule has 0 heterocycles. The standard InChI is InChI=1S/C15H23N3O/c1-2-10-3-6-12(7-4-10)18-14-8-5-11(15(17)19)9-13(14)16/h5,8-10,12,18H,2-4,6-7,16H2,1H3,(H2,17,19). The lowest BCUT2D eigenvalue weighted by atomic mass is 9.84. The van der Waals surface area contributed by atoms with E-state index in [4.69, 9.17) is 11.5 Å². The summed E-state index contributed by atoms with van der Waals surface area (Å²) >= 11 is 0. The van der Waals surface area contributed by atoms with Gasteiger partial charge in [-0.15, -0.1) is 0 Å². The molecule has 0 radical (unpaired) electrons. The van der Waals surface area contributed by atoms with Crippen molar-refractivity contribution in [3.8, 4) is 0 Å². The number of hydrogen-bond acceptors (Lipinski definition) is 3. The first-order chi connectivity index (χ1) is 9.10. The zero-order valence-electron chi connectivity index (χ0n) is 11.5. The van der Waals surface area contributed by atoms with Gasteiger partial charge in [-0.2, -0.15) is 0 Å². The van der Waals surface area contributed by atoms with Crippen LogP contribution in [0.2, 0.25) is 0 Å². The van der Waals surface area contributed by atoms with Crippen molar-refractivity contribution >= 4 is 17.3 Å². The third kappa shape index (κ3) is 3.40. The van der Waals surface area contributed by atoms with Crippen molar-refractivity contribution in [2.45, 2.75) is 45.1 Å². The minimum absolute atomic E-state index is 0.443. The van der Waals surface area contributed by atoms with Crippen LogP contribution in [0.4, 0.5) is 11.4 Å². The van der Waals surface area contributed by atoms with Gasteiger partial charge in [-0.05, 0) is 49.8 Å². The van der Waals surface area contributed by atoms with Gasteiger partial charge in [-0.1, -0.05) is 13.3 Å². The van der Waals surface area contributed by atoms with E-state index in [9.17, 15) is 4.79 Å². The van der Waals surface area contributed by atoms with Gasteiger partial charge in [0.25, 0.3) is 0 Å². The van der Waals surface area contributed by atoms with Gasteiger partial charge in [-0.25, -0.2) is 0 Å². The van der Waals surface area contributed by atoms with Crippen LogP contribution in [0.15, 0.2) is 18.2 Å². The lowest BCUT2D eigenvalue weighted by Crippen LogP contribution is -2.26. The highest BCUT2D eigenvalue weighted by Gasteiger charge is 2.20. The van der Waals surface area contributed by atoms with E-state index in [1.807, 2.05) is 6.07 Å². The summed E-state index contributed by atoms with van der Waals surface area (Å²) in [6, 6.07) is 5.70. The Morgan fingerprint density at radius 2 is 2.00 bits per heavy atom. The van der Waals surface area contributed by atoms with Crippen LogP contribution in [-0.4, -0.2) is 11.9 Å². The van der Waals surface area contributed by atoms with Gasteiger partial charge in [-0.3, -0.25) is 4.79 Å². The summed E-state index contributed by atoms with van der Waals surface area (Å²) in [6.07, 6.45) is 6.23. The van der Waals surface area contributed by atoms with Gasteiger partial charge < -0.3 is 16.8 Å². The third-order valence-corrected chi connectivity index (χ3v) is 4.12. The van der Waals surface area contributed by atoms with Gasteiger partial charge in [0.15, 0.2) is 0 Å². The van der Waals surface area contributed by atoms with Crippen LogP contribution < -0.4 is 16.8 Å². The summed E-state index contributed by atoms with van der Waals surface area (Å²) < 4.78 is 0. The van der Waals surface area contributed by atoms with E-state index in [0.717, 1.165) is 11.6 Å². The van der Waals surface area contributed by atoms with Gasteiger partial charge >= 0.3 is 0 Å². The van der Waals surface area contributed by atoms with E-state index in [0.29, 0.717) is 17.3 Å². The summed E-state index contributed by atoms with van der Waals surface area (Å²) in [5.74, 6) is 0.439. The summed E-state index contributed by atoms with van der Waals surface area (Å²) in [4.78, 5) is 11.1. The van der Waals surface area contributed by atoms with E-state index in [-0.39, 0.29) is 0 Å². The van der Waals surface area contributed by atoms with Crippen molar-refractivity contribution in [3.05, 3.63) is 23.8 Å². The number of nitrogens with two attached hydrogens (primary N) is 2. The van der Waals surface area contributed by atoms with Crippen LogP contribution in [0.1, 0.15) is 49.4 Å². The first-order valence-corrected chi connectivity index (χ1v) is 7.06. The average Bonchev–Trinajstić information content (AvgIpc) is 2.41. The molecule has 19 heavy (non-hydrogen) atoms. The minimum Gasteiger partial charge on any atom is -0.397 e. The van der Waals surface area contributed by atoms with Gasteiger partial charge in [0.1, 0.15) is 0 Å². The van der Waals surface area contributed by atoms with E-state index in [2.05, 4.69) is 12.2 Å². The molecular formula is C15H23N3O. The number of nitrogens with one attached hydrogen (secondary N) is 1. The predicted molar refractivity (Wildman–Crippen MR) is 79.0 cm³/mol. The highest BCUT2D eigenvalue weighted by molar-refractivity contribution is 5.94. The molecule has 1 saturated carbocycles. The van der Waals surface area contributed by atoms with Crippen LogP contribution >= 0.6 is 0 Å². The number of primary amides is 1. The normalized spacial score (nSPS) is 23.0. The second kappa shape index (κ2) is 5.95. The monoisotopic (exact) mass is 261 g/mol. The van der Waals surface area contributed by atoms with Crippen LogP contribution in [0.3, 0.4) is 0 Å². The zero-order chi connectivity index (χ0) is 13.8. The first kappa shape index (κ1) is 13.7. The molecule has 4 heteroatoms. The maximum absolute atomic E-state index is 11.1. The van der Waals surface area contributed by atoms with E-state index < -0.39 is 5.91 Å². The Hall–Kier alpha value is -1.71. The number of nitrogen functional groups attached to an aromatic ring is 1. The Balaban J connectivity index is 1.98. The minimum atomic E-state index is -0.443. The Morgan fingerprint density at radius 3 is 2.53 bits per heavy atom. The summed E-state index contributed by atoms with van der Waals surface area (Å²) in [6.45, 7) is 2.26. The maximum Gasteiger partial charge on any atom is 0.248 e. The predicted octanol–water partition coefficient (Wildman–Crippen LogP) is 2.75. The smallest absolute Gasteiger partial charge is 0.248 e. The maximum atomic E-state index is 11.1. The molecule has 0 atom stereocenters. The van der Waals surface area contributed by atoms with Crippen LogP contribution in [-0.2, 0) is 0 Å². The van der Waals surface area contributed by atoms with Crippen LogP contribution in [0.5, 0.6) is 0 Å². The molecule has 4 nitrogen and oxygen atoms in total. The number of carbonyl (C=O) groups excluding carboxylic acids is 1. The molecule has 0 saturated heterocycles. The van der Waals surface area contributed by atoms with Crippen LogP contribution in [0, 0.1) is 5.92 Å².